The molecule has 21 heavy (non-hydrogen) atoms. The van der Waals surface area contributed by atoms with Gasteiger partial charge < -0.3 is 10.4 Å². The Hall–Kier alpha value is -0.600. The van der Waals surface area contributed by atoms with Crippen molar-refractivity contribution in [2.45, 2.75) is 15.9 Å². The smallest absolute Gasteiger partial charge is 0.175 e. The fourth-order valence-electron chi connectivity index (χ4n) is 2.22. The number of hydrogen-bond acceptors (Lipinski definition) is 6. The minimum atomic E-state index is -3.14. The van der Waals surface area contributed by atoms with Gasteiger partial charge in [-0.25, -0.2) is 8.42 Å². The van der Waals surface area contributed by atoms with Crippen LogP contribution in [0.4, 0.5) is 0 Å². The lowest BCUT2D eigenvalue weighted by atomic mass is 10.3. The van der Waals surface area contributed by atoms with Crippen LogP contribution in [0.1, 0.15) is 0 Å². The topological polar surface area (TPSA) is 69.6 Å². The van der Waals surface area contributed by atoms with Gasteiger partial charge in [-0.1, -0.05) is 0 Å². The first-order chi connectivity index (χ1) is 9.95. The number of aliphatic hydroxyl groups is 1. The molecule has 2 N–H and O–H groups in total. The monoisotopic (exact) mass is 330 g/mol. The van der Waals surface area contributed by atoms with Crippen molar-refractivity contribution >= 4 is 21.6 Å². The third-order valence-electron chi connectivity index (χ3n) is 3.37. The number of nitrogens with zero attached hydrogens (tertiary/aromatic N) is 1. The van der Waals surface area contributed by atoms with E-state index in [1.54, 1.807) is 36.0 Å². The Bertz CT molecular complexity index is 540. The molecule has 1 heterocycles. The Morgan fingerprint density at radius 1 is 1.29 bits per heavy atom. The van der Waals surface area contributed by atoms with Crippen LogP contribution >= 0.6 is 11.8 Å². The third-order valence-corrected chi connectivity index (χ3v) is 5.66. The third kappa shape index (κ3) is 5.60. The Morgan fingerprint density at radius 2 is 1.90 bits per heavy atom. The van der Waals surface area contributed by atoms with E-state index in [2.05, 4.69) is 10.2 Å². The van der Waals surface area contributed by atoms with E-state index >= 15 is 0 Å². The average Bonchev–Trinajstić information content (AvgIpc) is 2.46. The Morgan fingerprint density at radius 3 is 2.48 bits per heavy atom. The maximum Gasteiger partial charge on any atom is 0.175 e. The van der Waals surface area contributed by atoms with Crippen LogP contribution in [0.25, 0.3) is 0 Å². The molecule has 118 valence electrons. The maximum atomic E-state index is 11.4. The average molecular weight is 330 g/mol. The molecule has 5 nitrogen and oxygen atoms in total. The van der Waals surface area contributed by atoms with Crippen LogP contribution in [0, 0.1) is 0 Å². The maximum absolute atomic E-state index is 11.4. The van der Waals surface area contributed by atoms with E-state index < -0.39 is 9.84 Å². The number of nitrogens with one attached hydrogen (secondary N) is 1. The normalized spacial score (nSPS) is 18.6. The molecule has 0 bridgehead atoms. The van der Waals surface area contributed by atoms with E-state index in [1.165, 1.54) is 6.26 Å². The lowest BCUT2D eigenvalue weighted by molar-refractivity contribution is 0.121. The number of benzene rings is 1. The highest BCUT2D eigenvalue weighted by atomic mass is 32.2. The van der Waals surface area contributed by atoms with E-state index in [1.807, 2.05) is 0 Å². The summed E-state index contributed by atoms with van der Waals surface area (Å²) in [7, 11) is -3.14. The van der Waals surface area contributed by atoms with Gasteiger partial charge in [-0.15, -0.1) is 11.8 Å². The van der Waals surface area contributed by atoms with Crippen molar-refractivity contribution in [1.29, 1.82) is 0 Å². The summed E-state index contributed by atoms with van der Waals surface area (Å²) >= 11 is 1.55. The lowest BCUT2D eigenvalue weighted by Gasteiger charge is -2.28. The van der Waals surface area contributed by atoms with Gasteiger partial charge in [0.2, 0.25) is 0 Å². The quantitative estimate of drug-likeness (QED) is 0.738. The number of piperazine rings is 1. The summed E-state index contributed by atoms with van der Waals surface area (Å²) in [5.41, 5.74) is 0. The predicted molar refractivity (Wildman–Crippen MR) is 85.6 cm³/mol. The highest BCUT2D eigenvalue weighted by Crippen LogP contribution is 2.21. The zero-order valence-corrected chi connectivity index (χ0v) is 13.8. The van der Waals surface area contributed by atoms with Crippen molar-refractivity contribution in [2.75, 3.05) is 44.7 Å². The van der Waals surface area contributed by atoms with Crippen LogP contribution in [0.3, 0.4) is 0 Å². The van der Waals surface area contributed by atoms with E-state index in [9.17, 15) is 13.5 Å². The van der Waals surface area contributed by atoms with Crippen molar-refractivity contribution in [1.82, 2.24) is 10.2 Å². The van der Waals surface area contributed by atoms with E-state index in [-0.39, 0.29) is 6.10 Å². The number of sulfone groups is 1. The zero-order valence-electron chi connectivity index (χ0n) is 12.2. The number of hydrogen-bond donors (Lipinski definition) is 2. The molecule has 0 radical (unpaired) electrons. The van der Waals surface area contributed by atoms with Gasteiger partial charge in [-0.3, -0.25) is 4.90 Å². The van der Waals surface area contributed by atoms with Crippen LogP contribution in [-0.2, 0) is 9.84 Å². The fourth-order valence-corrected chi connectivity index (χ4v) is 3.67. The summed E-state index contributed by atoms with van der Waals surface area (Å²) in [6.07, 6.45) is 0.828. The predicted octanol–water partition coefficient (Wildman–Crippen LogP) is 0.448. The second-order valence-electron chi connectivity index (χ2n) is 5.26. The van der Waals surface area contributed by atoms with Gasteiger partial charge in [-0.05, 0) is 24.3 Å². The van der Waals surface area contributed by atoms with Gasteiger partial charge in [0.15, 0.2) is 9.84 Å². The molecule has 0 saturated carbocycles. The molecule has 1 aromatic rings. The van der Waals surface area contributed by atoms with Gasteiger partial charge in [-0.2, -0.15) is 0 Å². The summed E-state index contributed by atoms with van der Waals surface area (Å²) < 4.78 is 22.7. The van der Waals surface area contributed by atoms with Crippen LogP contribution in [-0.4, -0.2) is 69.3 Å². The van der Waals surface area contributed by atoms with Crippen molar-refractivity contribution in [3.8, 4) is 0 Å². The van der Waals surface area contributed by atoms with Crippen LogP contribution in [0.2, 0.25) is 0 Å². The molecule has 1 aliphatic heterocycles. The number of rotatable bonds is 6. The van der Waals surface area contributed by atoms with Crippen molar-refractivity contribution < 1.29 is 13.5 Å². The van der Waals surface area contributed by atoms with Gasteiger partial charge >= 0.3 is 0 Å². The molecule has 1 saturated heterocycles. The van der Waals surface area contributed by atoms with Crippen molar-refractivity contribution in [3.63, 3.8) is 0 Å². The highest BCUT2D eigenvalue weighted by Gasteiger charge is 2.14. The SMILES string of the molecule is CS(=O)(=O)c1ccc(SCC(O)CN2CCNCC2)cc1. The first-order valence-corrected chi connectivity index (χ1v) is 9.87. The number of thioether (sulfide) groups is 1. The van der Waals surface area contributed by atoms with Crippen molar-refractivity contribution in [2.24, 2.45) is 0 Å². The van der Waals surface area contributed by atoms with E-state index in [0.29, 0.717) is 17.2 Å². The molecular formula is C14H22N2O3S2. The number of aliphatic hydroxyl groups excluding tert-OH is 1. The minimum absolute atomic E-state index is 0.327. The second-order valence-corrected chi connectivity index (χ2v) is 8.37. The Kier molecular flexibility index (Phi) is 6.07. The summed E-state index contributed by atoms with van der Waals surface area (Å²) in [4.78, 5) is 3.56. The first-order valence-electron chi connectivity index (χ1n) is 6.99. The van der Waals surface area contributed by atoms with Crippen LogP contribution in [0.15, 0.2) is 34.1 Å². The van der Waals surface area contributed by atoms with Crippen molar-refractivity contribution in [3.05, 3.63) is 24.3 Å². The summed E-state index contributed by atoms with van der Waals surface area (Å²) in [5.74, 6) is 0.613. The molecule has 1 unspecified atom stereocenters. The standard InChI is InChI=1S/C14H22N2O3S2/c1-21(18,19)14-4-2-13(3-5-14)20-11-12(17)10-16-8-6-15-7-9-16/h2-5,12,15,17H,6-11H2,1H3. The molecule has 1 aromatic carbocycles. The van der Waals surface area contributed by atoms with Gasteiger partial charge in [0.1, 0.15) is 0 Å². The first kappa shape index (κ1) is 16.8. The molecule has 1 aliphatic rings. The fraction of sp³-hybridized carbons (Fsp3) is 0.571. The van der Waals surface area contributed by atoms with Crippen LogP contribution < -0.4 is 5.32 Å². The molecule has 1 atom stereocenters. The van der Waals surface area contributed by atoms with Crippen LogP contribution in [0.5, 0.6) is 0 Å². The largest absolute Gasteiger partial charge is 0.391 e. The zero-order chi connectivity index (χ0) is 15.3. The van der Waals surface area contributed by atoms with E-state index in [4.69, 9.17) is 0 Å². The number of β-amino-alcohol motifs (C(OH)–C–C–N with tert-alkyl or cyclic N) is 1. The van der Waals surface area contributed by atoms with Gasteiger partial charge in [0.25, 0.3) is 0 Å². The highest BCUT2D eigenvalue weighted by molar-refractivity contribution is 7.99. The summed E-state index contributed by atoms with van der Waals surface area (Å²) in [6, 6.07) is 6.80. The Labute approximate surface area is 130 Å². The lowest BCUT2D eigenvalue weighted by Crippen LogP contribution is -2.46. The second kappa shape index (κ2) is 7.60. The molecule has 0 aromatic heterocycles. The summed E-state index contributed by atoms with van der Waals surface area (Å²) in [6.45, 7) is 4.60. The molecule has 0 aliphatic carbocycles. The molecule has 0 spiro atoms. The van der Waals surface area contributed by atoms with Gasteiger partial charge in [0.05, 0.1) is 11.0 Å². The Balaban J connectivity index is 1.79. The molecule has 7 heteroatoms. The summed E-state index contributed by atoms with van der Waals surface area (Å²) in [5, 5.41) is 13.4. The molecule has 1 fully saturated rings. The molecule has 2 rings (SSSR count). The molecular weight excluding hydrogens is 308 g/mol. The van der Waals surface area contributed by atoms with Gasteiger partial charge in [0, 0.05) is 49.6 Å². The molecule has 0 amide bonds. The minimum Gasteiger partial charge on any atom is -0.391 e. The van der Waals surface area contributed by atoms with E-state index in [0.717, 1.165) is 31.1 Å².